The third-order valence-electron chi connectivity index (χ3n) is 3.25. The van der Waals surface area contributed by atoms with Crippen molar-refractivity contribution in [3.05, 3.63) is 41.4 Å². The molecule has 1 heterocycles. The second-order valence-electron chi connectivity index (χ2n) is 4.67. The molecule has 0 spiro atoms. The van der Waals surface area contributed by atoms with E-state index in [9.17, 15) is 19.2 Å². The van der Waals surface area contributed by atoms with E-state index >= 15 is 0 Å². The lowest BCUT2D eigenvalue weighted by Gasteiger charge is -2.31. The average Bonchev–Trinajstić information content (AvgIpc) is 2.58. The lowest BCUT2D eigenvalue weighted by atomic mass is 10.0. The number of hydrogen-bond acceptors (Lipinski definition) is 6. The molecule has 0 aliphatic carbocycles. The van der Waals surface area contributed by atoms with Crippen molar-refractivity contribution >= 4 is 29.5 Å². The number of ether oxygens (including phenoxy) is 2. The maximum Gasteiger partial charge on any atom is 0.463 e. The van der Waals surface area contributed by atoms with Gasteiger partial charge in [0.1, 0.15) is 6.61 Å². The van der Waals surface area contributed by atoms with E-state index in [0.717, 1.165) is 0 Å². The topological polar surface area (TPSA) is 126 Å². The predicted octanol–water partition coefficient (Wildman–Crippen LogP) is -0.126. The second-order valence-corrected chi connectivity index (χ2v) is 4.67. The van der Waals surface area contributed by atoms with Crippen LogP contribution in [0.2, 0.25) is 0 Å². The highest BCUT2D eigenvalue weighted by Crippen LogP contribution is 2.25. The molecule has 0 aromatic heterocycles. The Balaban J connectivity index is 2.42. The zero-order valence-electron chi connectivity index (χ0n) is 12.7. The Morgan fingerprint density at radius 1 is 1.33 bits per heavy atom. The minimum absolute atomic E-state index is 0.0662. The summed E-state index contributed by atoms with van der Waals surface area (Å²) in [7, 11) is 0. The number of esters is 2. The number of rotatable bonds is 4. The van der Waals surface area contributed by atoms with Gasteiger partial charge in [0.15, 0.2) is 0 Å². The summed E-state index contributed by atoms with van der Waals surface area (Å²) in [5.74, 6) is -4.95. The number of amides is 2. The van der Waals surface area contributed by atoms with Crippen LogP contribution in [-0.2, 0) is 28.7 Å². The van der Waals surface area contributed by atoms with Gasteiger partial charge in [-0.15, -0.1) is 0 Å². The fourth-order valence-electron chi connectivity index (χ4n) is 2.17. The van der Waals surface area contributed by atoms with Gasteiger partial charge in [-0.3, -0.25) is 14.5 Å². The molecule has 0 bridgehead atoms. The first-order valence-electron chi connectivity index (χ1n) is 7.00. The summed E-state index contributed by atoms with van der Waals surface area (Å²) < 4.78 is 9.36. The molecule has 1 fully saturated rings. The Morgan fingerprint density at radius 3 is 2.58 bits per heavy atom. The molecule has 1 aliphatic heterocycles. The van der Waals surface area contributed by atoms with Gasteiger partial charge in [0.25, 0.3) is 0 Å². The van der Waals surface area contributed by atoms with Gasteiger partial charge in [-0.25, -0.2) is 9.59 Å². The quantitative estimate of drug-likeness (QED) is 0.189. The van der Waals surface area contributed by atoms with E-state index in [1.807, 2.05) is 0 Å². The van der Waals surface area contributed by atoms with Crippen molar-refractivity contribution in [3.63, 3.8) is 0 Å². The van der Waals surface area contributed by atoms with E-state index in [2.05, 4.69) is 9.53 Å². The highest BCUT2D eigenvalue weighted by molar-refractivity contribution is 6.63. The monoisotopic (exact) mass is 331 g/mol. The molecule has 0 unspecified atom stereocenters. The maximum atomic E-state index is 12.5. The summed E-state index contributed by atoms with van der Waals surface area (Å²) in [5, 5.41) is 0. The van der Waals surface area contributed by atoms with Gasteiger partial charge < -0.3 is 15.0 Å². The van der Waals surface area contributed by atoms with E-state index in [1.54, 1.807) is 30.3 Å². The number of hydrogen-bond donors (Lipinski definition) is 0. The van der Waals surface area contributed by atoms with Crippen molar-refractivity contribution in [2.75, 3.05) is 13.2 Å². The number of cyclic esters (lactones) is 1. The first-order chi connectivity index (χ1) is 11.5. The normalized spacial score (nSPS) is 16.9. The largest absolute Gasteiger partial charge is 0.463 e. The number of imide groups is 1. The van der Waals surface area contributed by atoms with Crippen LogP contribution in [0.3, 0.4) is 0 Å². The number of nitrogens with zero attached hydrogens (tertiary/aromatic N) is 3. The number of benzene rings is 1. The highest BCUT2D eigenvalue weighted by atomic mass is 16.5. The van der Waals surface area contributed by atoms with E-state index in [1.165, 1.54) is 6.92 Å². The van der Waals surface area contributed by atoms with Gasteiger partial charge in [0.05, 0.1) is 12.6 Å². The molecule has 2 amide bonds. The summed E-state index contributed by atoms with van der Waals surface area (Å²) in [6.07, 6.45) is 0. The minimum Gasteiger partial charge on any atom is -0.457 e. The molecule has 24 heavy (non-hydrogen) atoms. The van der Waals surface area contributed by atoms with Crippen LogP contribution < -0.4 is 0 Å². The lowest BCUT2D eigenvalue weighted by Crippen LogP contribution is -2.53. The van der Waals surface area contributed by atoms with Crippen molar-refractivity contribution in [1.82, 2.24) is 4.90 Å². The van der Waals surface area contributed by atoms with Gasteiger partial charge in [-0.2, -0.15) is 4.79 Å². The van der Waals surface area contributed by atoms with Crippen LogP contribution in [0.5, 0.6) is 0 Å². The van der Waals surface area contributed by atoms with Crippen LogP contribution >= 0.6 is 0 Å². The first-order valence-corrected chi connectivity index (χ1v) is 7.00. The molecular formula is C15H13N3O6. The Bertz CT molecular complexity index is 739. The van der Waals surface area contributed by atoms with Gasteiger partial charge in [0.2, 0.25) is 0 Å². The molecule has 0 N–H and O–H groups in total. The van der Waals surface area contributed by atoms with E-state index in [-0.39, 0.29) is 13.2 Å². The van der Waals surface area contributed by atoms with Gasteiger partial charge in [-0.05, 0) is 12.5 Å². The van der Waals surface area contributed by atoms with Crippen molar-refractivity contribution in [2.24, 2.45) is 0 Å². The van der Waals surface area contributed by atoms with Crippen LogP contribution in [-0.4, -0.2) is 52.4 Å². The number of carbonyl (C=O) groups is 4. The fourth-order valence-corrected chi connectivity index (χ4v) is 2.17. The summed E-state index contributed by atoms with van der Waals surface area (Å²) in [6, 6.07) is 7.37. The third kappa shape index (κ3) is 3.21. The average molecular weight is 331 g/mol. The molecule has 1 saturated heterocycles. The molecular weight excluding hydrogens is 318 g/mol. The molecule has 0 radical (unpaired) electrons. The Labute approximate surface area is 136 Å². The van der Waals surface area contributed by atoms with E-state index < -0.39 is 35.5 Å². The molecule has 2 rings (SSSR count). The Hall–Kier alpha value is -3.32. The Morgan fingerprint density at radius 2 is 2.00 bits per heavy atom. The van der Waals surface area contributed by atoms with Crippen LogP contribution in [0.15, 0.2) is 30.3 Å². The van der Waals surface area contributed by atoms with Crippen molar-refractivity contribution in [2.45, 2.75) is 13.0 Å². The molecule has 1 atom stereocenters. The standard InChI is InChI=1S/C15H13N3O6/c1-2-23-14(21)11(17-16)12(19)18-10(8-24-15(22)13(18)20)9-6-4-3-5-7-9/h3-7,10H,2,8H2,1H3/t10-/m1/s1. The number of morpholine rings is 1. The molecule has 1 aromatic rings. The predicted molar refractivity (Wildman–Crippen MR) is 77.3 cm³/mol. The first kappa shape index (κ1) is 17.0. The molecule has 0 saturated carbocycles. The summed E-state index contributed by atoms with van der Waals surface area (Å²) in [6.45, 7) is 1.15. The molecule has 1 aliphatic rings. The minimum atomic E-state index is -1.26. The van der Waals surface area contributed by atoms with Crippen LogP contribution in [0.1, 0.15) is 18.5 Å². The van der Waals surface area contributed by atoms with Crippen molar-refractivity contribution in [1.29, 1.82) is 0 Å². The lowest BCUT2D eigenvalue weighted by molar-refractivity contribution is -0.174. The molecule has 9 heteroatoms. The van der Waals surface area contributed by atoms with Crippen LogP contribution in [0.25, 0.3) is 5.53 Å². The third-order valence-corrected chi connectivity index (χ3v) is 3.25. The number of carbonyl (C=O) groups excluding carboxylic acids is 4. The van der Waals surface area contributed by atoms with Crippen molar-refractivity contribution < 1.29 is 33.4 Å². The maximum absolute atomic E-state index is 12.5. The molecule has 9 nitrogen and oxygen atoms in total. The van der Waals surface area contributed by atoms with Crippen molar-refractivity contribution in [3.8, 4) is 0 Å². The highest BCUT2D eigenvalue weighted by Gasteiger charge is 2.47. The van der Waals surface area contributed by atoms with E-state index in [4.69, 9.17) is 10.3 Å². The zero-order chi connectivity index (χ0) is 17.7. The summed E-state index contributed by atoms with van der Waals surface area (Å²) >= 11 is 0. The van der Waals surface area contributed by atoms with Gasteiger partial charge in [0, 0.05) is 0 Å². The van der Waals surface area contributed by atoms with Crippen LogP contribution in [0, 0.1) is 0 Å². The fraction of sp³-hybridized carbons (Fsp3) is 0.267. The Kier molecular flexibility index (Phi) is 5.18. The zero-order valence-corrected chi connectivity index (χ0v) is 12.7. The SMILES string of the molecule is CCOC(=O)C(=[N+]=[N-])C(=O)N1C(=O)C(=O)OC[C@@H]1c1ccccc1. The van der Waals surface area contributed by atoms with Gasteiger partial charge in [-0.1, -0.05) is 30.3 Å². The smallest absolute Gasteiger partial charge is 0.457 e. The van der Waals surface area contributed by atoms with Gasteiger partial charge >= 0.3 is 29.5 Å². The van der Waals surface area contributed by atoms with E-state index in [0.29, 0.717) is 10.5 Å². The second kappa shape index (κ2) is 7.30. The summed E-state index contributed by atoms with van der Waals surface area (Å²) in [5.41, 5.74) is 8.45. The molecule has 1 aromatic carbocycles. The molecule has 124 valence electrons. The van der Waals surface area contributed by atoms with Crippen LogP contribution in [0.4, 0.5) is 0 Å². The summed E-state index contributed by atoms with van der Waals surface area (Å²) in [4.78, 5) is 50.9.